The van der Waals surface area contributed by atoms with Crippen LogP contribution in [0.15, 0.2) is 24.3 Å². The van der Waals surface area contributed by atoms with Gasteiger partial charge in [-0.05, 0) is 75.0 Å². The third-order valence-corrected chi connectivity index (χ3v) is 6.79. The number of carbonyl (C=O) groups excluding carboxylic acids is 1. The van der Waals surface area contributed by atoms with E-state index in [0.717, 1.165) is 44.5 Å². The van der Waals surface area contributed by atoms with Gasteiger partial charge in [0.1, 0.15) is 5.75 Å². The second-order valence-electron chi connectivity index (χ2n) is 9.40. The lowest BCUT2D eigenvalue weighted by Gasteiger charge is -2.32. The molecule has 1 saturated carbocycles. The molecule has 172 valence electrons. The van der Waals surface area contributed by atoms with E-state index in [0.29, 0.717) is 18.3 Å². The molecular weight excluding hydrogens is 386 g/mol. The van der Waals surface area contributed by atoms with Gasteiger partial charge in [-0.2, -0.15) is 5.26 Å². The van der Waals surface area contributed by atoms with Crippen LogP contribution in [0.5, 0.6) is 5.75 Å². The van der Waals surface area contributed by atoms with E-state index in [4.69, 9.17) is 9.47 Å². The monoisotopic (exact) mass is 427 g/mol. The van der Waals surface area contributed by atoms with Crippen LogP contribution in [0.25, 0.3) is 0 Å². The number of methoxy groups -OCH3 is 1. The van der Waals surface area contributed by atoms with Crippen LogP contribution in [0.3, 0.4) is 0 Å². The third-order valence-electron chi connectivity index (χ3n) is 6.79. The van der Waals surface area contributed by atoms with Gasteiger partial charge in [0.15, 0.2) is 5.41 Å². The van der Waals surface area contributed by atoms with Gasteiger partial charge >= 0.3 is 5.97 Å². The van der Waals surface area contributed by atoms with Crippen molar-refractivity contribution in [2.75, 3.05) is 13.7 Å². The lowest BCUT2D eigenvalue weighted by molar-refractivity contribution is -0.149. The average molecular weight is 428 g/mol. The van der Waals surface area contributed by atoms with Crippen molar-refractivity contribution in [3.63, 3.8) is 0 Å². The van der Waals surface area contributed by atoms with Gasteiger partial charge in [0, 0.05) is 0 Å². The van der Waals surface area contributed by atoms with E-state index in [1.807, 2.05) is 0 Å². The summed E-state index contributed by atoms with van der Waals surface area (Å²) in [5.41, 5.74) is 0.346. The molecule has 0 aromatic heterocycles. The Morgan fingerprint density at radius 1 is 1.03 bits per heavy atom. The van der Waals surface area contributed by atoms with Gasteiger partial charge in [0.2, 0.25) is 0 Å². The summed E-state index contributed by atoms with van der Waals surface area (Å²) >= 11 is 0. The Labute approximate surface area is 189 Å². The number of nitrogens with zero attached hydrogens (tertiary/aromatic N) is 1. The molecular formula is C27H41NO3. The van der Waals surface area contributed by atoms with Crippen LogP contribution in [-0.4, -0.2) is 19.7 Å². The van der Waals surface area contributed by atoms with Crippen molar-refractivity contribution in [3.8, 4) is 11.8 Å². The Balaban J connectivity index is 1.70. The highest BCUT2D eigenvalue weighted by atomic mass is 16.5. The highest BCUT2D eigenvalue weighted by Gasteiger charge is 2.38. The van der Waals surface area contributed by atoms with Gasteiger partial charge in [-0.1, -0.05) is 57.6 Å². The number of rotatable bonds is 13. The van der Waals surface area contributed by atoms with Crippen molar-refractivity contribution in [3.05, 3.63) is 29.8 Å². The molecule has 1 atom stereocenters. The molecule has 31 heavy (non-hydrogen) atoms. The van der Waals surface area contributed by atoms with Crippen LogP contribution < -0.4 is 4.74 Å². The first-order valence-corrected chi connectivity index (χ1v) is 12.2. The zero-order chi connectivity index (χ0) is 22.5. The van der Waals surface area contributed by atoms with E-state index >= 15 is 0 Å². The van der Waals surface area contributed by atoms with Crippen LogP contribution >= 0.6 is 0 Å². The lowest BCUT2D eigenvalue weighted by Crippen LogP contribution is -2.31. The number of ether oxygens (including phenoxy) is 2. The summed E-state index contributed by atoms with van der Waals surface area (Å²) in [6.45, 7) is 4.76. The van der Waals surface area contributed by atoms with Crippen molar-refractivity contribution < 1.29 is 14.3 Å². The van der Waals surface area contributed by atoms with Gasteiger partial charge in [0.25, 0.3) is 0 Å². The van der Waals surface area contributed by atoms with Gasteiger partial charge in [0.05, 0.1) is 19.8 Å². The number of unbranched alkanes of at least 4 members (excludes halogenated alkanes) is 6. The quantitative estimate of drug-likeness (QED) is 0.247. The standard InChI is InChI=1S/C27H41NO3/c1-4-5-6-7-8-9-10-19-31-25-17-15-24(16-18-25)23-13-11-22(12-14-23)20-27(2,21-28)26(29)30-3/h15-18,22-23H,4-14,19-20H2,1-3H3. The molecule has 0 amide bonds. The predicted octanol–water partition coefficient (Wildman–Crippen LogP) is 7.18. The summed E-state index contributed by atoms with van der Waals surface area (Å²) in [6.07, 6.45) is 14.0. The first kappa shape index (κ1) is 25.2. The molecule has 1 aliphatic rings. The molecule has 1 unspecified atom stereocenters. The van der Waals surface area contributed by atoms with E-state index < -0.39 is 11.4 Å². The highest BCUT2D eigenvalue weighted by Crippen LogP contribution is 2.41. The number of benzene rings is 1. The minimum atomic E-state index is -1.03. The van der Waals surface area contributed by atoms with Crippen molar-refractivity contribution in [1.82, 2.24) is 0 Å². The second-order valence-corrected chi connectivity index (χ2v) is 9.40. The number of hydrogen-bond donors (Lipinski definition) is 0. The SMILES string of the molecule is CCCCCCCCCOc1ccc(C2CCC(CC(C)(C#N)C(=O)OC)CC2)cc1. The minimum Gasteiger partial charge on any atom is -0.494 e. The minimum absolute atomic E-state index is 0.407. The summed E-state index contributed by atoms with van der Waals surface area (Å²) in [6, 6.07) is 10.8. The molecule has 1 aromatic carbocycles. The number of nitriles is 1. The molecule has 2 rings (SSSR count). The fraction of sp³-hybridized carbons (Fsp3) is 0.704. The molecule has 0 radical (unpaired) electrons. The topological polar surface area (TPSA) is 59.3 Å². The summed E-state index contributed by atoms with van der Waals surface area (Å²) in [4.78, 5) is 12.0. The fourth-order valence-corrected chi connectivity index (χ4v) is 4.76. The largest absolute Gasteiger partial charge is 0.494 e. The number of carbonyl (C=O) groups is 1. The van der Waals surface area contributed by atoms with E-state index in [9.17, 15) is 10.1 Å². The Kier molecular flexibility index (Phi) is 10.9. The fourth-order valence-electron chi connectivity index (χ4n) is 4.76. The molecule has 1 aromatic rings. The third kappa shape index (κ3) is 8.20. The smallest absolute Gasteiger partial charge is 0.325 e. The number of esters is 1. The van der Waals surface area contributed by atoms with Gasteiger partial charge in [-0.15, -0.1) is 0 Å². The van der Waals surface area contributed by atoms with Crippen molar-refractivity contribution in [1.29, 1.82) is 5.26 Å². The van der Waals surface area contributed by atoms with Gasteiger partial charge in [-0.3, -0.25) is 4.79 Å². The summed E-state index contributed by atoms with van der Waals surface area (Å²) in [7, 11) is 1.36. The molecule has 4 nitrogen and oxygen atoms in total. The lowest BCUT2D eigenvalue weighted by atomic mass is 9.72. The van der Waals surface area contributed by atoms with Gasteiger partial charge in [-0.25, -0.2) is 0 Å². The van der Waals surface area contributed by atoms with E-state index in [1.165, 1.54) is 51.2 Å². The van der Waals surface area contributed by atoms with Gasteiger partial charge < -0.3 is 9.47 Å². The van der Waals surface area contributed by atoms with Crippen LogP contribution in [0.4, 0.5) is 0 Å². The molecule has 0 heterocycles. The summed E-state index contributed by atoms with van der Waals surface area (Å²) in [5, 5.41) is 9.45. The zero-order valence-corrected chi connectivity index (χ0v) is 19.8. The van der Waals surface area contributed by atoms with Crippen LogP contribution in [0, 0.1) is 22.7 Å². The molecule has 1 aliphatic carbocycles. The normalized spacial score (nSPS) is 20.5. The Hall–Kier alpha value is -2.02. The summed E-state index contributed by atoms with van der Waals surface area (Å²) < 4.78 is 10.8. The second kappa shape index (κ2) is 13.4. The van der Waals surface area contributed by atoms with Crippen molar-refractivity contribution in [2.45, 2.75) is 96.8 Å². The first-order valence-electron chi connectivity index (χ1n) is 12.2. The van der Waals surface area contributed by atoms with E-state index in [-0.39, 0.29) is 0 Å². The highest BCUT2D eigenvalue weighted by molar-refractivity contribution is 5.79. The van der Waals surface area contributed by atoms with Crippen LogP contribution in [0.1, 0.15) is 102 Å². The maximum atomic E-state index is 12.0. The van der Waals surface area contributed by atoms with Crippen molar-refractivity contribution in [2.24, 2.45) is 11.3 Å². The van der Waals surface area contributed by atoms with E-state index in [2.05, 4.69) is 37.3 Å². The molecule has 1 fully saturated rings. The summed E-state index contributed by atoms with van der Waals surface area (Å²) in [5.74, 6) is 1.51. The molecule has 0 spiro atoms. The first-order chi connectivity index (χ1) is 15.0. The Morgan fingerprint density at radius 2 is 1.65 bits per heavy atom. The number of hydrogen-bond acceptors (Lipinski definition) is 4. The zero-order valence-electron chi connectivity index (χ0n) is 19.8. The average Bonchev–Trinajstić information content (AvgIpc) is 2.81. The Morgan fingerprint density at radius 3 is 2.23 bits per heavy atom. The Bertz CT molecular complexity index is 685. The molecule has 0 aliphatic heterocycles. The molecule has 0 N–H and O–H groups in total. The van der Waals surface area contributed by atoms with Crippen LogP contribution in [0.2, 0.25) is 0 Å². The maximum absolute atomic E-state index is 12.0. The molecule has 0 bridgehead atoms. The van der Waals surface area contributed by atoms with Crippen molar-refractivity contribution >= 4 is 5.97 Å². The van der Waals surface area contributed by atoms with Crippen LogP contribution in [-0.2, 0) is 9.53 Å². The molecule has 0 saturated heterocycles. The molecule has 4 heteroatoms. The maximum Gasteiger partial charge on any atom is 0.325 e. The predicted molar refractivity (Wildman–Crippen MR) is 125 cm³/mol. The van der Waals surface area contributed by atoms with E-state index in [1.54, 1.807) is 6.92 Å².